The summed E-state index contributed by atoms with van der Waals surface area (Å²) in [6.07, 6.45) is 0. The molecule has 0 heterocycles. The topological polar surface area (TPSA) is 58.4 Å². The van der Waals surface area contributed by atoms with Crippen molar-refractivity contribution in [3.63, 3.8) is 0 Å². The number of benzene rings is 2. The minimum absolute atomic E-state index is 0. The molecule has 136 valence electrons. The maximum Gasteiger partial charge on any atom is 0.238 e. The number of rotatable bonds is 7. The standard InChI is InChI=1S/C19H24ClN3O.ClH/c1-14-10-15(2)19(17(20)11-14)22-18(24)13-23(9-8-21)12-16-6-4-3-5-7-16;/h3-7,10-11H,8-9,12-13,21H2,1-2H3,(H,22,24);1H. The van der Waals surface area contributed by atoms with Crippen LogP contribution in [0.3, 0.4) is 0 Å². The van der Waals surface area contributed by atoms with E-state index in [2.05, 4.69) is 5.32 Å². The molecule has 2 rings (SSSR count). The van der Waals surface area contributed by atoms with Crippen LogP contribution in [0.1, 0.15) is 16.7 Å². The van der Waals surface area contributed by atoms with Gasteiger partial charge in [-0.1, -0.05) is 48.0 Å². The minimum Gasteiger partial charge on any atom is -0.329 e. The molecule has 3 N–H and O–H groups in total. The largest absolute Gasteiger partial charge is 0.329 e. The van der Waals surface area contributed by atoms with E-state index in [4.69, 9.17) is 17.3 Å². The third-order valence-electron chi connectivity index (χ3n) is 3.76. The summed E-state index contributed by atoms with van der Waals surface area (Å²) in [5, 5.41) is 3.49. The SMILES string of the molecule is Cc1cc(C)c(NC(=O)CN(CCN)Cc2ccccc2)c(Cl)c1.Cl. The molecule has 2 aromatic rings. The van der Waals surface area contributed by atoms with Gasteiger partial charge in [0.2, 0.25) is 5.91 Å². The van der Waals surface area contributed by atoms with E-state index in [-0.39, 0.29) is 24.9 Å². The smallest absolute Gasteiger partial charge is 0.238 e. The van der Waals surface area contributed by atoms with Crippen LogP contribution in [-0.2, 0) is 11.3 Å². The van der Waals surface area contributed by atoms with Crippen LogP contribution in [0.25, 0.3) is 0 Å². The average Bonchev–Trinajstić information content (AvgIpc) is 2.52. The third kappa shape index (κ3) is 6.67. The monoisotopic (exact) mass is 381 g/mol. The highest BCUT2D eigenvalue weighted by Gasteiger charge is 2.14. The fourth-order valence-corrected chi connectivity index (χ4v) is 3.06. The molecule has 0 atom stereocenters. The maximum atomic E-state index is 12.4. The summed E-state index contributed by atoms with van der Waals surface area (Å²) in [5.74, 6) is -0.0896. The zero-order valence-corrected chi connectivity index (χ0v) is 16.2. The Balaban J connectivity index is 0.00000312. The van der Waals surface area contributed by atoms with Crippen molar-refractivity contribution in [3.8, 4) is 0 Å². The first-order valence-electron chi connectivity index (χ1n) is 8.02. The molecule has 4 nitrogen and oxygen atoms in total. The second-order valence-electron chi connectivity index (χ2n) is 5.97. The number of amides is 1. The van der Waals surface area contributed by atoms with Gasteiger partial charge in [0.05, 0.1) is 17.3 Å². The number of aryl methyl sites for hydroxylation is 2. The summed E-state index contributed by atoms with van der Waals surface area (Å²) >= 11 is 6.26. The molecular weight excluding hydrogens is 357 g/mol. The summed E-state index contributed by atoms with van der Waals surface area (Å²) < 4.78 is 0. The highest BCUT2D eigenvalue weighted by atomic mass is 35.5. The molecule has 0 spiro atoms. The molecule has 0 saturated carbocycles. The number of halogens is 2. The van der Waals surface area contributed by atoms with Crippen molar-refractivity contribution >= 4 is 35.6 Å². The lowest BCUT2D eigenvalue weighted by molar-refractivity contribution is -0.117. The van der Waals surface area contributed by atoms with Crippen molar-refractivity contribution < 1.29 is 4.79 Å². The molecule has 0 saturated heterocycles. The summed E-state index contributed by atoms with van der Waals surface area (Å²) in [5.41, 5.74) is 9.55. The highest BCUT2D eigenvalue weighted by molar-refractivity contribution is 6.34. The van der Waals surface area contributed by atoms with Crippen LogP contribution in [0, 0.1) is 13.8 Å². The number of carbonyl (C=O) groups is 1. The molecule has 0 fully saturated rings. The van der Waals surface area contributed by atoms with Crippen molar-refractivity contribution in [2.75, 3.05) is 25.0 Å². The van der Waals surface area contributed by atoms with Crippen LogP contribution in [0.5, 0.6) is 0 Å². The molecule has 0 radical (unpaired) electrons. The van der Waals surface area contributed by atoms with Crippen molar-refractivity contribution in [2.24, 2.45) is 5.73 Å². The number of hydrogen-bond acceptors (Lipinski definition) is 3. The third-order valence-corrected chi connectivity index (χ3v) is 4.06. The fourth-order valence-electron chi connectivity index (χ4n) is 2.69. The van der Waals surface area contributed by atoms with Gasteiger partial charge in [-0.05, 0) is 36.6 Å². The first-order valence-corrected chi connectivity index (χ1v) is 8.40. The number of anilines is 1. The van der Waals surface area contributed by atoms with Gasteiger partial charge in [0.25, 0.3) is 0 Å². The van der Waals surface area contributed by atoms with E-state index in [1.807, 2.05) is 61.2 Å². The molecule has 0 unspecified atom stereocenters. The van der Waals surface area contributed by atoms with Crippen LogP contribution in [-0.4, -0.2) is 30.4 Å². The Labute approximate surface area is 160 Å². The van der Waals surface area contributed by atoms with Gasteiger partial charge in [-0.25, -0.2) is 0 Å². The molecule has 25 heavy (non-hydrogen) atoms. The lowest BCUT2D eigenvalue weighted by atomic mass is 10.1. The molecule has 0 aliphatic rings. The van der Waals surface area contributed by atoms with Gasteiger partial charge in [-0.2, -0.15) is 0 Å². The van der Waals surface area contributed by atoms with E-state index in [1.54, 1.807) is 0 Å². The maximum absolute atomic E-state index is 12.4. The predicted molar refractivity (Wildman–Crippen MR) is 108 cm³/mol. The van der Waals surface area contributed by atoms with Crippen molar-refractivity contribution in [1.82, 2.24) is 4.90 Å². The Bertz CT molecular complexity index is 669. The number of nitrogens with zero attached hydrogens (tertiary/aromatic N) is 1. The first kappa shape index (κ1) is 21.5. The van der Waals surface area contributed by atoms with Gasteiger partial charge in [0, 0.05) is 19.6 Å². The number of nitrogens with one attached hydrogen (secondary N) is 1. The van der Waals surface area contributed by atoms with Gasteiger partial charge < -0.3 is 11.1 Å². The van der Waals surface area contributed by atoms with E-state index in [1.165, 1.54) is 0 Å². The lowest BCUT2D eigenvalue weighted by Crippen LogP contribution is -2.36. The molecule has 0 aliphatic carbocycles. The highest BCUT2D eigenvalue weighted by Crippen LogP contribution is 2.27. The Morgan fingerprint density at radius 3 is 2.48 bits per heavy atom. The van der Waals surface area contributed by atoms with Crippen molar-refractivity contribution in [3.05, 3.63) is 64.2 Å². The van der Waals surface area contributed by atoms with E-state index in [0.29, 0.717) is 30.3 Å². The van der Waals surface area contributed by atoms with Crippen LogP contribution in [0.2, 0.25) is 5.02 Å². The Morgan fingerprint density at radius 2 is 1.88 bits per heavy atom. The zero-order valence-electron chi connectivity index (χ0n) is 14.6. The van der Waals surface area contributed by atoms with Crippen molar-refractivity contribution in [1.29, 1.82) is 0 Å². The molecular formula is C19H25Cl2N3O. The summed E-state index contributed by atoms with van der Waals surface area (Å²) in [7, 11) is 0. The molecule has 1 amide bonds. The lowest BCUT2D eigenvalue weighted by Gasteiger charge is -2.21. The fraction of sp³-hybridized carbons (Fsp3) is 0.316. The summed E-state index contributed by atoms with van der Waals surface area (Å²) in [4.78, 5) is 14.5. The Morgan fingerprint density at radius 1 is 1.20 bits per heavy atom. The predicted octanol–water partition coefficient (Wildman–Crippen LogP) is 3.78. The number of carbonyl (C=O) groups excluding carboxylic acids is 1. The summed E-state index contributed by atoms with van der Waals surface area (Å²) in [6, 6.07) is 13.9. The van der Waals surface area contributed by atoms with Crippen LogP contribution in [0.4, 0.5) is 5.69 Å². The Hall–Kier alpha value is -1.59. The van der Waals surface area contributed by atoms with Crippen LogP contribution < -0.4 is 11.1 Å². The molecule has 2 aromatic carbocycles. The van der Waals surface area contributed by atoms with E-state index >= 15 is 0 Å². The van der Waals surface area contributed by atoms with Crippen LogP contribution in [0.15, 0.2) is 42.5 Å². The first-order chi connectivity index (χ1) is 11.5. The molecule has 0 aliphatic heterocycles. The number of nitrogens with two attached hydrogens (primary N) is 1. The zero-order chi connectivity index (χ0) is 17.5. The quantitative estimate of drug-likeness (QED) is 0.766. The van der Waals surface area contributed by atoms with Gasteiger partial charge in [-0.15, -0.1) is 12.4 Å². The second-order valence-corrected chi connectivity index (χ2v) is 6.38. The van der Waals surface area contributed by atoms with E-state index < -0.39 is 0 Å². The normalized spacial score (nSPS) is 10.4. The van der Waals surface area contributed by atoms with Gasteiger partial charge in [0.15, 0.2) is 0 Å². The van der Waals surface area contributed by atoms with Crippen LogP contribution >= 0.6 is 24.0 Å². The van der Waals surface area contributed by atoms with E-state index in [0.717, 1.165) is 16.7 Å². The Kier molecular flexibility index (Phi) is 8.93. The molecule has 0 bridgehead atoms. The molecule has 0 aromatic heterocycles. The average molecular weight is 382 g/mol. The van der Waals surface area contributed by atoms with Crippen molar-refractivity contribution in [2.45, 2.75) is 20.4 Å². The van der Waals surface area contributed by atoms with E-state index in [9.17, 15) is 4.79 Å². The van der Waals surface area contributed by atoms with Gasteiger partial charge >= 0.3 is 0 Å². The second kappa shape index (κ2) is 10.4. The molecule has 6 heteroatoms. The van der Waals surface area contributed by atoms with Gasteiger partial charge in [-0.3, -0.25) is 9.69 Å². The van der Waals surface area contributed by atoms with Gasteiger partial charge in [0.1, 0.15) is 0 Å². The summed E-state index contributed by atoms with van der Waals surface area (Å²) in [6.45, 7) is 6.04. The minimum atomic E-state index is -0.0896. The number of hydrogen-bond donors (Lipinski definition) is 2.